The van der Waals surface area contributed by atoms with Crippen molar-refractivity contribution in [2.75, 3.05) is 32.8 Å². The van der Waals surface area contributed by atoms with Crippen LogP contribution < -0.4 is 5.73 Å². The Morgan fingerprint density at radius 2 is 1.73 bits per heavy atom. The lowest BCUT2D eigenvalue weighted by Crippen LogP contribution is -2.43. The molecule has 5 nitrogen and oxygen atoms in total. The summed E-state index contributed by atoms with van der Waals surface area (Å²) in [6.45, 7) is 4.48. The molecular formula is C10H22N2O3. The molecule has 15 heavy (non-hydrogen) atoms. The van der Waals surface area contributed by atoms with Crippen LogP contribution >= 0.6 is 0 Å². The number of aliphatic hydroxyl groups excluding tert-OH is 2. The van der Waals surface area contributed by atoms with Gasteiger partial charge in [0.15, 0.2) is 0 Å². The molecule has 0 aliphatic carbocycles. The van der Waals surface area contributed by atoms with Crippen molar-refractivity contribution >= 4 is 5.91 Å². The summed E-state index contributed by atoms with van der Waals surface area (Å²) < 4.78 is 0. The van der Waals surface area contributed by atoms with Gasteiger partial charge in [-0.3, -0.25) is 4.79 Å². The Morgan fingerprint density at radius 1 is 1.27 bits per heavy atom. The third-order valence-corrected chi connectivity index (χ3v) is 2.43. The lowest BCUT2D eigenvalue weighted by atomic mass is 9.94. The fourth-order valence-corrected chi connectivity index (χ4v) is 1.47. The van der Waals surface area contributed by atoms with Gasteiger partial charge in [-0.2, -0.15) is 0 Å². The first-order valence-corrected chi connectivity index (χ1v) is 5.29. The predicted molar refractivity (Wildman–Crippen MR) is 58.1 cm³/mol. The monoisotopic (exact) mass is 218 g/mol. The minimum absolute atomic E-state index is 0.0874. The largest absolute Gasteiger partial charge is 0.395 e. The van der Waals surface area contributed by atoms with Gasteiger partial charge in [0.2, 0.25) is 5.91 Å². The molecule has 0 aliphatic rings. The zero-order valence-electron chi connectivity index (χ0n) is 9.52. The van der Waals surface area contributed by atoms with Crippen LogP contribution in [0.4, 0.5) is 0 Å². The average Bonchev–Trinajstić information content (AvgIpc) is 2.17. The zero-order valence-corrected chi connectivity index (χ0v) is 9.52. The molecule has 0 aliphatic heterocycles. The van der Waals surface area contributed by atoms with Crippen molar-refractivity contribution in [3.05, 3.63) is 0 Å². The summed E-state index contributed by atoms with van der Waals surface area (Å²) in [5.74, 6) is -0.152. The van der Waals surface area contributed by atoms with E-state index in [9.17, 15) is 4.79 Å². The van der Waals surface area contributed by atoms with Gasteiger partial charge < -0.3 is 20.8 Å². The van der Waals surface area contributed by atoms with Gasteiger partial charge in [-0.1, -0.05) is 13.8 Å². The van der Waals surface area contributed by atoms with E-state index in [-0.39, 0.29) is 44.0 Å². The van der Waals surface area contributed by atoms with Crippen LogP contribution in [0.25, 0.3) is 0 Å². The van der Waals surface area contributed by atoms with Crippen LogP contribution in [0, 0.1) is 11.8 Å². The Bertz CT molecular complexity index is 180. The Kier molecular flexibility index (Phi) is 7.29. The molecule has 5 heteroatoms. The highest BCUT2D eigenvalue weighted by Gasteiger charge is 2.25. The van der Waals surface area contributed by atoms with Crippen LogP contribution in [-0.2, 0) is 4.79 Å². The molecule has 0 rings (SSSR count). The molecule has 0 bridgehead atoms. The van der Waals surface area contributed by atoms with Gasteiger partial charge in [0.1, 0.15) is 0 Å². The summed E-state index contributed by atoms with van der Waals surface area (Å²) in [4.78, 5) is 13.4. The number of hydrogen-bond donors (Lipinski definition) is 3. The molecule has 1 unspecified atom stereocenters. The topological polar surface area (TPSA) is 86.8 Å². The Labute approximate surface area is 90.9 Å². The summed E-state index contributed by atoms with van der Waals surface area (Å²) in [7, 11) is 0. The SMILES string of the molecule is CC(C)C(CN)C(=O)N(CCO)CCO. The van der Waals surface area contributed by atoms with Crippen molar-refractivity contribution in [1.82, 2.24) is 4.90 Å². The number of carbonyl (C=O) groups is 1. The van der Waals surface area contributed by atoms with E-state index < -0.39 is 0 Å². The maximum absolute atomic E-state index is 11.9. The van der Waals surface area contributed by atoms with E-state index in [4.69, 9.17) is 15.9 Å². The maximum Gasteiger partial charge on any atom is 0.227 e. The van der Waals surface area contributed by atoms with Crippen LogP contribution in [0.2, 0.25) is 0 Å². The second-order valence-electron chi connectivity index (χ2n) is 3.86. The van der Waals surface area contributed by atoms with Gasteiger partial charge in [-0.15, -0.1) is 0 Å². The molecule has 0 aromatic carbocycles. The molecule has 0 heterocycles. The summed E-state index contributed by atoms with van der Waals surface area (Å²) in [6.07, 6.45) is 0. The highest BCUT2D eigenvalue weighted by Crippen LogP contribution is 2.12. The second-order valence-corrected chi connectivity index (χ2v) is 3.86. The van der Waals surface area contributed by atoms with E-state index >= 15 is 0 Å². The number of rotatable bonds is 7. The molecule has 0 radical (unpaired) electrons. The predicted octanol–water partition coefficient (Wildman–Crippen LogP) is -0.969. The number of amides is 1. The van der Waals surface area contributed by atoms with E-state index in [1.807, 2.05) is 13.8 Å². The summed E-state index contributed by atoms with van der Waals surface area (Å²) in [5.41, 5.74) is 5.53. The third-order valence-electron chi connectivity index (χ3n) is 2.43. The van der Waals surface area contributed by atoms with Gasteiger partial charge in [-0.05, 0) is 5.92 Å². The Hall–Kier alpha value is -0.650. The van der Waals surface area contributed by atoms with E-state index in [1.165, 1.54) is 4.90 Å². The molecule has 0 spiro atoms. The zero-order chi connectivity index (χ0) is 11.8. The Balaban J connectivity index is 4.44. The summed E-state index contributed by atoms with van der Waals surface area (Å²) >= 11 is 0. The molecule has 0 saturated carbocycles. The molecule has 0 fully saturated rings. The van der Waals surface area contributed by atoms with E-state index in [0.717, 1.165) is 0 Å². The minimum Gasteiger partial charge on any atom is -0.395 e. The van der Waals surface area contributed by atoms with Gasteiger partial charge in [0, 0.05) is 19.6 Å². The van der Waals surface area contributed by atoms with Gasteiger partial charge in [-0.25, -0.2) is 0 Å². The molecule has 0 saturated heterocycles. The smallest absolute Gasteiger partial charge is 0.227 e. The normalized spacial score (nSPS) is 12.9. The van der Waals surface area contributed by atoms with Crippen molar-refractivity contribution in [2.45, 2.75) is 13.8 Å². The van der Waals surface area contributed by atoms with E-state index in [0.29, 0.717) is 6.54 Å². The first kappa shape index (κ1) is 14.3. The summed E-state index contributed by atoms with van der Waals surface area (Å²) in [6, 6.07) is 0. The highest BCUT2D eigenvalue weighted by atomic mass is 16.3. The van der Waals surface area contributed by atoms with Crippen LogP contribution in [0.3, 0.4) is 0 Å². The first-order valence-electron chi connectivity index (χ1n) is 5.29. The number of nitrogens with two attached hydrogens (primary N) is 1. The number of aliphatic hydroxyl groups is 2. The average molecular weight is 218 g/mol. The van der Waals surface area contributed by atoms with Crippen molar-refractivity contribution in [1.29, 1.82) is 0 Å². The lowest BCUT2D eigenvalue weighted by Gasteiger charge is -2.27. The van der Waals surface area contributed by atoms with Crippen molar-refractivity contribution in [3.8, 4) is 0 Å². The van der Waals surface area contributed by atoms with Crippen LogP contribution in [0.1, 0.15) is 13.8 Å². The van der Waals surface area contributed by atoms with Gasteiger partial charge in [0.05, 0.1) is 19.1 Å². The third kappa shape index (κ3) is 4.59. The Morgan fingerprint density at radius 3 is 2.00 bits per heavy atom. The molecule has 1 atom stereocenters. The van der Waals surface area contributed by atoms with Crippen molar-refractivity contribution in [3.63, 3.8) is 0 Å². The molecule has 90 valence electrons. The molecule has 0 aromatic rings. The lowest BCUT2D eigenvalue weighted by molar-refractivity contribution is -0.137. The molecule has 1 amide bonds. The van der Waals surface area contributed by atoms with Gasteiger partial charge in [0.25, 0.3) is 0 Å². The molecule has 4 N–H and O–H groups in total. The second kappa shape index (κ2) is 7.62. The standard InChI is InChI=1S/C10H22N2O3/c1-8(2)9(7-11)10(15)12(3-5-13)4-6-14/h8-9,13-14H,3-7,11H2,1-2H3. The number of carbonyl (C=O) groups excluding carboxylic acids is 1. The van der Waals surface area contributed by atoms with Crippen LogP contribution in [-0.4, -0.2) is 53.9 Å². The maximum atomic E-state index is 11.9. The summed E-state index contributed by atoms with van der Waals surface area (Å²) in [5, 5.41) is 17.6. The quantitative estimate of drug-likeness (QED) is 0.513. The van der Waals surface area contributed by atoms with Crippen LogP contribution in [0.15, 0.2) is 0 Å². The van der Waals surface area contributed by atoms with Gasteiger partial charge >= 0.3 is 0 Å². The number of nitrogens with zero attached hydrogens (tertiary/aromatic N) is 1. The highest BCUT2D eigenvalue weighted by molar-refractivity contribution is 5.79. The first-order chi connectivity index (χ1) is 7.08. The molecule has 0 aromatic heterocycles. The fourth-order valence-electron chi connectivity index (χ4n) is 1.47. The van der Waals surface area contributed by atoms with E-state index in [2.05, 4.69) is 0 Å². The molecular weight excluding hydrogens is 196 g/mol. The van der Waals surface area contributed by atoms with Crippen molar-refractivity contribution in [2.24, 2.45) is 17.6 Å². The fraction of sp³-hybridized carbons (Fsp3) is 0.900. The van der Waals surface area contributed by atoms with Crippen LogP contribution in [0.5, 0.6) is 0 Å². The van der Waals surface area contributed by atoms with E-state index in [1.54, 1.807) is 0 Å². The number of hydrogen-bond acceptors (Lipinski definition) is 4. The minimum atomic E-state index is -0.233. The van der Waals surface area contributed by atoms with Crippen molar-refractivity contribution < 1.29 is 15.0 Å².